The lowest BCUT2D eigenvalue weighted by molar-refractivity contribution is 0.0929. The van der Waals surface area contributed by atoms with Gasteiger partial charge in [0.25, 0.3) is 5.91 Å². The Morgan fingerprint density at radius 1 is 0.848 bits per heavy atom. The van der Waals surface area contributed by atoms with Gasteiger partial charge in [0.05, 0.1) is 22.0 Å². The number of fused-ring (bicyclic) bond motifs is 1. The van der Waals surface area contributed by atoms with Crippen LogP contribution < -0.4 is 5.32 Å². The summed E-state index contributed by atoms with van der Waals surface area (Å²) in [6.45, 7) is 0. The number of amides is 1. The van der Waals surface area contributed by atoms with E-state index in [2.05, 4.69) is 5.32 Å². The number of hydrogen-bond acceptors (Lipinski definition) is 2. The Morgan fingerprint density at radius 2 is 1.45 bits per heavy atom. The van der Waals surface area contributed by atoms with Crippen LogP contribution in [0, 0.1) is 0 Å². The molecule has 0 atom stereocenters. The number of nitrogens with zero attached hydrogens (tertiary/aromatic N) is 2. The summed E-state index contributed by atoms with van der Waals surface area (Å²) >= 11 is 18.8. The van der Waals surface area contributed by atoms with Gasteiger partial charge in [-0.25, -0.2) is 4.98 Å². The van der Waals surface area contributed by atoms with Gasteiger partial charge in [-0.1, -0.05) is 78.3 Å². The SMILES string of the molecule is O=C(NC1CCCCC1)c1cc(Cl)cn2c(-c3ccc(Cl)cc3)c(-c3ccc(Cl)cc3)nc12. The molecule has 4 nitrogen and oxygen atoms in total. The predicted molar refractivity (Wildman–Crippen MR) is 135 cm³/mol. The van der Waals surface area contributed by atoms with Crippen LogP contribution in [0.15, 0.2) is 60.8 Å². The molecule has 33 heavy (non-hydrogen) atoms. The van der Waals surface area contributed by atoms with Crippen molar-refractivity contribution in [3.8, 4) is 22.5 Å². The van der Waals surface area contributed by atoms with Crippen LogP contribution in [0.25, 0.3) is 28.2 Å². The molecule has 0 saturated heterocycles. The fourth-order valence-electron chi connectivity index (χ4n) is 4.48. The predicted octanol–water partition coefficient (Wildman–Crippen LogP) is 7.69. The molecule has 0 spiro atoms. The molecule has 168 valence electrons. The molecule has 5 rings (SSSR count). The Labute approximate surface area is 207 Å². The van der Waals surface area contributed by atoms with Crippen LogP contribution in [0.5, 0.6) is 0 Å². The van der Waals surface area contributed by atoms with Crippen LogP contribution in [-0.4, -0.2) is 21.3 Å². The number of carbonyl (C=O) groups excluding carboxylic acids is 1. The number of hydrogen-bond donors (Lipinski definition) is 1. The number of aromatic nitrogens is 2. The molecular formula is C26H22Cl3N3O. The Kier molecular flexibility index (Phi) is 6.33. The van der Waals surface area contributed by atoms with Crippen molar-refractivity contribution in [2.75, 3.05) is 0 Å². The first-order valence-electron chi connectivity index (χ1n) is 11.0. The molecule has 1 aliphatic rings. The molecular weight excluding hydrogens is 477 g/mol. The molecule has 1 saturated carbocycles. The summed E-state index contributed by atoms with van der Waals surface area (Å²) in [5.41, 5.74) is 4.40. The third kappa shape index (κ3) is 4.61. The van der Waals surface area contributed by atoms with Crippen LogP contribution in [-0.2, 0) is 0 Å². The monoisotopic (exact) mass is 497 g/mol. The van der Waals surface area contributed by atoms with E-state index >= 15 is 0 Å². The maximum absolute atomic E-state index is 13.3. The van der Waals surface area contributed by atoms with E-state index in [1.54, 1.807) is 12.3 Å². The number of nitrogens with one attached hydrogen (secondary N) is 1. The van der Waals surface area contributed by atoms with Crippen molar-refractivity contribution in [3.05, 3.63) is 81.4 Å². The Balaban J connectivity index is 1.69. The van der Waals surface area contributed by atoms with Crippen LogP contribution in [0.1, 0.15) is 42.5 Å². The third-order valence-corrected chi connectivity index (χ3v) is 6.82. The number of halogens is 3. The zero-order valence-corrected chi connectivity index (χ0v) is 20.1. The zero-order chi connectivity index (χ0) is 22.9. The van der Waals surface area contributed by atoms with E-state index < -0.39 is 0 Å². The summed E-state index contributed by atoms with van der Waals surface area (Å²) in [7, 11) is 0. The Bertz CT molecular complexity index is 1310. The summed E-state index contributed by atoms with van der Waals surface area (Å²) < 4.78 is 1.89. The van der Waals surface area contributed by atoms with Gasteiger partial charge in [0.2, 0.25) is 0 Å². The first-order valence-corrected chi connectivity index (χ1v) is 12.2. The van der Waals surface area contributed by atoms with E-state index in [1.807, 2.05) is 52.9 Å². The largest absolute Gasteiger partial charge is 0.349 e. The highest BCUT2D eigenvalue weighted by molar-refractivity contribution is 6.31. The minimum atomic E-state index is -0.148. The molecule has 7 heteroatoms. The van der Waals surface area contributed by atoms with Gasteiger partial charge in [-0.15, -0.1) is 0 Å². The smallest absolute Gasteiger partial charge is 0.255 e. The Hall–Kier alpha value is -2.53. The molecule has 1 amide bonds. The first kappa shape index (κ1) is 22.3. The van der Waals surface area contributed by atoms with E-state index in [1.165, 1.54) is 6.42 Å². The minimum Gasteiger partial charge on any atom is -0.349 e. The molecule has 0 radical (unpaired) electrons. The van der Waals surface area contributed by atoms with Crippen molar-refractivity contribution in [1.82, 2.24) is 14.7 Å². The van der Waals surface area contributed by atoms with Gasteiger partial charge in [0.1, 0.15) is 0 Å². The highest BCUT2D eigenvalue weighted by atomic mass is 35.5. The Morgan fingerprint density at radius 3 is 2.09 bits per heavy atom. The summed E-state index contributed by atoms with van der Waals surface area (Å²) in [6.07, 6.45) is 7.31. The van der Waals surface area contributed by atoms with Crippen molar-refractivity contribution < 1.29 is 4.79 Å². The van der Waals surface area contributed by atoms with Gasteiger partial charge < -0.3 is 5.32 Å². The molecule has 2 aromatic carbocycles. The number of rotatable bonds is 4. The van der Waals surface area contributed by atoms with Crippen molar-refractivity contribution in [2.45, 2.75) is 38.1 Å². The number of carbonyl (C=O) groups is 1. The average Bonchev–Trinajstić information content (AvgIpc) is 3.19. The average molecular weight is 499 g/mol. The van der Waals surface area contributed by atoms with Crippen molar-refractivity contribution >= 4 is 46.4 Å². The van der Waals surface area contributed by atoms with Crippen LogP contribution in [0.3, 0.4) is 0 Å². The van der Waals surface area contributed by atoms with E-state index in [0.29, 0.717) is 26.3 Å². The van der Waals surface area contributed by atoms with Gasteiger partial charge in [0, 0.05) is 33.4 Å². The van der Waals surface area contributed by atoms with Crippen LogP contribution >= 0.6 is 34.8 Å². The second-order valence-electron chi connectivity index (χ2n) is 8.40. The molecule has 2 heterocycles. The van der Waals surface area contributed by atoms with Crippen molar-refractivity contribution in [3.63, 3.8) is 0 Å². The fraction of sp³-hybridized carbons (Fsp3) is 0.231. The lowest BCUT2D eigenvalue weighted by atomic mass is 9.95. The molecule has 0 bridgehead atoms. The minimum absolute atomic E-state index is 0.148. The van der Waals surface area contributed by atoms with Crippen LogP contribution in [0.2, 0.25) is 15.1 Å². The maximum atomic E-state index is 13.3. The van der Waals surface area contributed by atoms with Gasteiger partial charge in [0.15, 0.2) is 5.65 Å². The summed E-state index contributed by atoms with van der Waals surface area (Å²) in [5.74, 6) is -0.148. The quantitative estimate of drug-likeness (QED) is 0.313. The van der Waals surface area contributed by atoms with Crippen LogP contribution in [0.4, 0.5) is 0 Å². The number of imidazole rings is 1. The topological polar surface area (TPSA) is 46.4 Å². The van der Waals surface area contributed by atoms with E-state index in [9.17, 15) is 4.79 Å². The van der Waals surface area contributed by atoms with Gasteiger partial charge in [-0.2, -0.15) is 0 Å². The molecule has 2 aromatic heterocycles. The summed E-state index contributed by atoms with van der Waals surface area (Å²) in [6, 6.07) is 16.9. The molecule has 1 fully saturated rings. The van der Waals surface area contributed by atoms with Crippen molar-refractivity contribution in [2.24, 2.45) is 0 Å². The van der Waals surface area contributed by atoms with E-state index in [-0.39, 0.29) is 11.9 Å². The summed E-state index contributed by atoms with van der Waals surface area (Å²) in [5, 5.41) is 4.95. The van der Waals surface area contributed by atoms with Gasteiger partial charge in [-0.05, 0) is 43.2 Å². The third-order valence-electron chi connectivity index (χ3n) is 6.11. The molecule has 1 aliphatic carbocycles. The number of pyridine rings is 1. The van der Waals surface area contributed by atoms with Gasteiger partial charge >= 0.3 is 0 Å². The standard InChI is InChI=1S/C26H22Cl3N3O/c27-18-10-6-16(7-11-18)23-24(17-8-12-19(28)13-9-17)32-15-20(29)14-22(25(32)31-23)26(33)30-21-4-2-1-3-5-21/h6-15,21H,1-5H2,(H,30,33). The molecule has 0 aliphatic heterocycles. The molecule has 4 aromatic rings. The number of benzene rings is 2. The highest BCUT2D eigenvalue weighted by Gasteiger charge is 2.23. The second-order valence-corrected chi connectivity index (χ2v) is 9.71. The van der Waals surface area contributed by atoms with E-state index in [4.69, 9.17) is 39.8 Å². The zero-order valence-electron chi connectivity index (χ0n) is 17.8. The van der Waals surface area contributed by atoms with Gasteiger partial charge in [-0.3, -0.25) is 9.20 Å². The second kappa shape index (κ2) is 9.38. The lowest BCUT2D eigenvalue weighted by Crippen LogP contribution is -2.36. The normalized spacial score (nSPS) is 14.5. The lowest BCUT2D eigenvalue weighted by Gasteiger charge is -2.22. The van der Waals surface area contributed by atoms with E-state index in [0.717, 1.165) is 48.2 Å². The first-order chi connectivity index (χ1) is 16.0. The van der Waals surface area contributed by atoms with Crippen molar-refractivity contribution in [1.29, 1.82) is 0 Å². The summed E-state index contributed by atoms with van der Waals surface area (Å²) in [4.78, 5) is 18.2. The molecule has 0 unspecified atom stereocenters. The highest BCUT2D eigenvalue weighted by Crippen LogP contribution is 2.35. The molecule has 1 N–H and O–H groups in total. The maximum Gasteiger partial charge on any atom is 0.255 e. The fourth-order valence-corrected chi connectivity index (χ4v) is 4.94.